The molecule has 2 amide bonds. The average Bonchev–Trinajstić information content (AvgIpc) is 3.17. The number of amides is 2. The van der Waals surface area contributed by atoms with Gasteiger partial charge in [0.1, 0.15) is 22.9 Å². The van der Waals surface area contributed by atoms with Crippen molar-refractivity contribution in [3.63, 3.8) is 0 Å². The van der Waals surface area contributed by atoms with Crippen LogP contribution in [0.15, 0.2) is 54.7 Å². The molecular formula is C27H30N6O3. The third-order valence-electron chi connectivity index (χ3n) is 5.78. The van der Waals surface area contributed by atoms with Crippen molar-refractivity contribution in [3.8, 4) is 17.0 Å². The molecule has 0 aliphatic rings. The molecule has 9 nitrogen and oxygen atoms in total. The lowest BCUT2D eigenvalue weighted by Crippen LogP contribution is -2.25. The van der Waals surface area contributed by atoms with E-state index in [-0.39, 0.29) is 19.1 Å². The first-order valence-electron chi connectivity index (χ1n) is 11.6. The van der Waals surface area contributed by atoms with Gasteiger partial charge in [0.05, 0.1) is 6.54 Å². The summed E-state index contributed by atoms with van der Waals surface area (Å²) in [5.74, 6) is 0.339. The first-order valence-corrected chi connectivity index (χ1v) is 11.6. The lowest BCUT2D eigenvalue weighted by Gasteiger charge is -2.18. The molecule has 0 aliphatic carbocycles. The van der Waals surface area contributed by atoms with Crippen molar-refractivity contribution in [3.05, 3.63) is 71.4 Å². The monoisotopic (exact) mass is 486 g/mol. The smallest absolute Gasteiger partial charge is 0.255 e. The highest BCUT2D eigenvalue weighted by atomic mass is 16.5. The fourth-order valence-corrected chi connectivity index (χ4v) is 4.18. The summed E-state index contributed by atoms with van der Waals surface area (Å²) in [6, 6.07) is 15.4. The zero-order chi connectivity index (χ0) is 25.8. The predicted molar refractivity (Wildman–Crippen MR) is 142 cm³/mol. The van der Waals surface area contributed by atoms with E-state index in [2.05, 4.69) is 16.0 Å². The lowest BCUT2D eigenvalue weighted by molar-refractivity contribution is -0.120. The van der Waals surface area contributed by atoms with Gasteiger partial charge < -0.3 is 26.4 Å². The van der Waals surface area contributed by atoms with Gasteiger partial charge in [-0.25, -0.2) is 4.98 Å². The van der Waals surface area contributed by atoms with E-state index in [1.807, 2.05) is 73.8 Å². The summed E-state index contributed by atoms with van der Waals surface area (Å²) >= 11 is 0. The summed E-state index contributed by atoms with van der Waals surface area (Å²) in [6.45, 7) is 5.86. The molecule has 186 valence electrons. The van der Waals surface area contributed by atoms with Crippen molar-refractivity contribution in [1.29, 1.82) is 0 Å². The fraction of sp³-hybridized carbons (Fsp3) is 0.222. The molecule has 0 unspecified atom stereocenters. The summed E-state index contributed by atoms with van der Waals surface area (Å²) in [7, 11) is 1.70. The van der Waals surface area contributed by atoms with Gasteiger partial charge in [0.25, 0.3) is 5.91 Å². The van der Waals surface area contributed by atoms with Gasteiger partial charge in [0.2, 0.25) is 5.91 Å². The second-order valence-electron chi connectivity index (χ2n) is 8.63. The Morgan fingerprint density at radius 1 is 1.03 bits per heavy atom. The zero-order valence-corrected chi connectivity index (χ0v) is 20.8. The molecule has 5 N–H and O–H groups in total. The van der Waals surface area contributed by atoms with Gasteiger partial charge in [-0.1, -0.05) is 24.3 Å². The number of nitrogens with zero attached hydrogens (tertiary/aromatic N) is 2. The van der Waals surface area contributed by atoms with Crippen LogP contribution in [0.3, 0.4) is 0 Å². The summed E-state index contributed by atoms with van der Waals surface area (Å²) in [5, 5.41) is 9.26. The van der Waals surface area contributed by atoms with E-state index in [1.54, 1.807) is 13.1 Å². The lowest BCUT2D eigenvalue weighted by atomic mass is 10.0. The van der Waals surface area contributed by atoms with Gasteiger partial charge in [-0.05, 0) is 62.7 Å². The number of rotatable bonds is 9. The van der Waals surface area contributed by atoms with Gasteiger partial charge in [-0.15, -0.1) is 0 Å². The van der Waals surface area contributed by atoms with E-state index in [0.29, 0.717) is 22.7 Å². The third-order valence-corrected chi connectivity index (χ3v) is 5.78. The molecule has 2 heterocycles. The molecular weight excluding hydrogens is 456 g/mol. The summed E-state index contributed by atoms with van der Waals surface area (Å²) in [6.07, 6.45) is 1.94. The van der Waals surface area contributed by atoms with Crippen LogP contribution in [0.4, 0.5) is 17.2 Å². The Morgan fingerprint density at radius 3 is 2.47 bits per heavy atom. The molecule has 0 saturated carbocycles. The highest BCUT2D eigenvalue weighted by molar-refractivity contribution is 5.94. The number of pyridine rings is 1. The maximum absolute atomic E-state index is 12.2. The maximum Gasteiger partial charge on any atom is 0.255 e. The van der Waals surface area contributed by atoms with Crippen LogP contribution in [0.2, 0.25) is 0 Å². The zero-order valence-electron chi connectivity index (χ0n) is 20.8. The molecule has 0 spiro atoms. The quantitative estimate of drug-likeness (QED) is 0.286. The van der Waals surface area contributed by atoms with E-state index in [9.17, 15) is 9.59 Å². The Kier molecular flexibility index (Phi) is 7.21. The number of benzene rings is 2. The number of aromatic nitrogens is 2. The van der Waals surface area contributed by atoms with Gasteiger partial charge in [0, 0.05) is 29.2 Å². The molecule has 0 saturated heterocycles. The van der Waals surface area contributed by atoms with E-state index in [1.165, 1.54) is 0 Å². The number of carbonyl (C=O) groups excluding carboxylic acids is 2. The van der Waals surface area contributed by atoms with E-state index < -0.39 is 5.91 Å². The van der Waals surface area contributed by atoms with Gasteiger partial charge in [-0.3, -0.25) is 14.0 Å². The number of aryl methyl sites for hydroxylation is 3. The number of para-hydroxylation sites is 1. The number of hydrogen-bond acceptors (Lipinski definition) is 6. The molecule has 0 bridgehead atoms. The van der Waals surface area contributed by atoms with Crippen LogP contribution in [0, 0.1) is 20.8 Å². The minimum Gasteiger partial charge on any atom is -0.483 e. The average molecular weight is 487 g/mol. The third kappa shape index (κ3) is 5.16. The number of ether oxygens (including phenoxy) is 1. The molecule has 0 radical (unpaired) electrons. The van der Waals surface area contributed by atoms with Crippen LogP contribution < -0.4 is 26.4 Å². The Labute approximate surface area is 209 Å². The van der Waals surface area contributed by atoms with Crippen molar-refractivity contribution in [2.24, 2.45) is 5.73 Å². The van der Waals surface area contributed by atoms with Crippen LogP contribution in [-0.4, -0.2) is 41.4 Å². The summed E-state index contributed by atoms with van der Waals surface area (Å²) < 4.78 is 7.82. The SMILES string of the molecule is CNCC(=O)Nc1cc(C)c(-c2nc3ccccn3c2Nc2c(C)cccc2C)c(OCC(N)=O)c1. The van der Waals surface area contributed by atoms with Crippen LogP contribution in [0.25, 0.3) is 16.9 Å². The highest BCUT2D eigenvalue weighted by Gasteiger charge is 2.22. The molecule has 2 aromatic heterocycles. The Bertz CT molecular complexity index is 1420. The number of nitrogens with one attached hydrogen (secondary N) is 3. The molecule has 4 rings (SSSR count). The molecule has 0 aliphatic heterocycles. The highest BCUT2D eigenvalue weighted by Crippen LogP contribution is 2.41. The first-order chi connectivity index (χ1) is 17.3. The Balaban J connectivity index is 1.90. The van der Waals surface area contributed by atoms with Crippen LogP contribution in [0.5, 0.6) is 5.75 Å². The second kappa shape index (κ2) is 10.5. The fourth-order valence-electron chi connectivity index (χ4n) is 4.18. The van der Waals surface area contributed by atoms with E-state index in [4.69, 9.17) is 15.5 Å². The van der Waals surface area contributed by atoms with Crippen molar-refractivity contribution in [2.75, 3.05) is 30.8 Å². The number of carbonyl (C=O) groups is 2. The normalized spacial score (nSPS) is 10.9. The largest absolute Gasteiger partial charge is 0.483 e. The minimum atomic E-state index is -0.605. The number of hydrogen-bond donors (Lipinski definition) is 4. The molecule has 0 fully saturated rings. The van der Waals surface area contributed by atoms with E-state index in [0.717, 1.165) is 33.8 Å². The van der Waals surface area contributed by atoms with Crippen LogP contribution in [-0.2, 0) is 9.59 Å². The standard InChI is InChI=1S/C27H30N6O3/c1-16-8-7-9-17(2)25(16)32-27-26(31-22-10-5-6-11-33(22)27)24-18(3)12-19(30-23(35)14-29-4)13-20(24)36-15-21(28)34/h5-13,29,32H,14-15H2,1-4H3,(H2,28,34)(H,30,35). The number of primary amides is 1. The number of imidazole rings is 1. The van der Waals surface area contributed by atoms with Crippen molar-refractivity contribution in [2.45, 2.75) is 20.8 Å². The molecule has 0 atom stereocenters. The van der Waals surface area contributed by atoms with Crippen LogP contribution in [0.1, 0.15) is 16.7 Å². The summed E-state index contributed by atoms with van der Waals surface area (Å²) in [5.41, 5.74) is 12.0. The topological polar surface area (TPSA) is 123 Å². The Morgan fingerprint density at radius 2 is 1.78 bits per heavy atom. The van der Waals surface area contributed by atoms with Gasteiger partial charge >= 0.3 is 0 Å². The maximum atomic E-state index is 12.2. The second-order valence-corrected chi connectivity index (χ2v) is 8.63. The van der Waals surface area contributed by atoms with E-state index >= 15 is 0 Å². The summed E-state index contributed by atoms with van der Waals surface area (Å²) in [4.78, 5) is 28.7. The molecule has 4 aromatic rings. The van der Waals surface area contributed by atoms with Gasteiger partial charge in [-0.2, -0.15) is 0 Å². The number of fused-ring (bicyclic) bond motifs is 1. The van der Waals surface area contributed by atoms with Crippen molar-refractivity contribution < 1.29 is 14.3 Å². The Hall–Kier alpha value is -4.37. The number of nitrogens with two attached hydrogens (primary N) is 1. The minimum absolute atomic E-state index is 0.161. The predicted octanol–water partition coefficient (Wildman–Crippen LogP) is 3.69. The van der Waals surface area contributed by atoms with Crippen molar-refractivity contribution >= 4 is 34.7 Å². The van der Waals surface area contributed by atoms with Gasteiger partial charge in [0.15, 0.2) is 6.61 Å². The van der Waals surface area contributed by atoms with Crippen LogP contribution >= 0.6 is 0 Å². The molecule has 36 heavy (non-hydrogen) atoms. The molecule has 2 aromatic carbocycles. The first kappa shape index (κ1) is 24.7. The van der Waals surface area contributed by atoms with Crippen molar-refractivity contribution in [1.82, 2.24) is 14.7 Å². The number of likely N-dealkylation sites (N-methyl/N-ethyl adjacent to an activating group) is 1. The number of anilines is 3. The molecule has 9 heteroatoms.